The number of nitrogens with zero attached hydrogens (tertiary/aromatic N) is 1. The molecule has 0 saturated heterocycles. The van der Waals surface area contributed by atoms with Crippen molar-refractivity contribution in [3.63, 3.8) is 0 Å². The third kappa shape index (κ3) is 4.39. The van der Waals surface area contributed by atoms with Gasteiger partial charge in [0, 0.05) is 12.0 Å². The fourth-order valence-corrected chi connectivity index (χ4v) is 1.23. The first-order chi connectivity index (χ1) is 6.45. The molecule has 0 aliphatic carbocycles. The van der Waals surface area contributed by atoms with Crippen LogP contribution in [0.25, 0.3) is 0 Å². The first kappa shape index (κ1) is 13.1. The van der Waals surface area contributed by atoms with Gasteiger partial charge in [-0.3, -0.25) is 0 Å². The lowest BCUT2D eigenvalue weighted by atomic mass is 10.1. The summed E-state index contributed by atoms with van der Waals surface area (Å²) in [4.78, 5) is 10.4. The van der Waals surface area contributed by atoms with Crippen LogP contribution >= 0.6 is 0 Å². The second-order valence-electron chi connectivity index (χ2n) is 3.43. The van der Waals surface area contributed by atoms with E-state index in [4.69, 9.17) is 5.11 Å². The van der Waals surface area contributed by atoms with E-state index in [1.54, 1.807) is 0 Å². The molecule has 0 bridgehead atoms. The smallest absolute Gasteiger partial charge is 0.330 e. The highest BCUT2D eigenvalue weighted by atomic mass is 16.5. The third-order valence-electron chi connectivity index (χ3n) is 2.50. The Morgan fingerprint density at radius 2 is 1.93 bits per heavy atom. The topological polar surface area (TPSA) is 60.4 Å². The molecule has 4 nitrogen and oxygen atoms in total. The number of carboxylic acids is 1. The lowest BCUT2D eigenvalue weighted by Crippen LogP contribution is -2.42. The zero-order valence-electron chi connectivity index (χ0n) is 8.95. The molecule has 4 heteroatoms. The average molecular weight is 201 g/mol. The molecule has 82 valence electrons. The second-order valence-corrected chi connectivity index (χ2v) is 3.43. The standard InChI is InChI=1S/C10H19NO3/c1-4-11(14,5-2)8-6-7-9(3)10(12)13/h3-8H2,1-2H3,(H,12,13). The van der Waals surface area contributed by atoms with Crippen molar-refractivity contribution in [3.8, 4) is 0 Å². The monoisotopic (exact) mass is 201 g/mol. The van der Waals surface area contributed by atoms with Gasteiger partial charge in [-0.05, 0) is 20.3 Å². The molecular formula is C10H19NO3. The van der Waals surface area contributed by atoms with Crippen LogP contribution in [0.2, 0.25) is 0 Å². The number of carbonyl (C=O) groups is 1. The van der Waals surface area contributed by atoms with E-state index in [1.807, 2.05) is 13.8 Å². The van der Waals surface area contributed by atoms with E-state index in [-0.39, 0.29) is 10.2 Å². The molecule has 0 aromatic rings. The van der Waals surface area contributed by atoms with Gasteiger partial charge in [0.05, 0.1) is 19.6 Å². The van der Waals surface area contributed by atoms with Gasteiger partial charge >= 0.3 is 5.97 Å². The summed E-state index contributed by atoms with van der Waals surface area (Å²) >= 11 is 0. The zero-order chi connectivity index (χ0) is 11.2. The molecule has 0 heterocycles. The van der Waals surface area contributed by atoms with E-state index < -0.39 is 5.97 Å². The normalized spacial score (nSPS) is 11.4. The van der Waals surface area contributed by atoms with Gasteiger partial charge in [-0.2, -0.15) is 0 Å². The van der Waals surface area contributed by atoms with Crippen molar-refractivity contribution in [2.45, 2.75) is 26.7 Å². The van der Waals surface area contributed by atoms with Crippen molar-refractivity contribution < 1.29 is 14.5 Å². The molecule has 0 aromatic carbocycles. The van der Waals surface area contributed by atoms with Crippen molar-refractivity contribution in [3.05, 3.63) is 17.4 Å². The Hall–Kier alpha value is -0.870. The molecule has 0 fully saturated rings. The minimum atomic E-state index is -0.970. The Morgan fingerprint density at radius 3 is 2.29 bits per heavy atom. The van der Waals surface area contributed by atoms with Gasteiger partial charge in [-0.15, -0.1) is 0 Å². The number of carboxylic acid groups (broad SMARTS) is 1. The van der Waals surface area contributed by atoms with Gasteiger partial charge in [0.1, 0.15) is 0 Å². The molecule has 0 spiro atoms. The molecule has 14 heavy (non-hydrogen) atoms. The van der Waals surface area contributed by atoms with Crippen LogP contribution in [0.15, 0.2) is 12.2 Å². The summed E-state index contributed by atoms with van der Waals surface area (Å²) in [5.41, 5.74) is 0.184. The molecule has 0 unspecified atom stereocenters. The van der Waals surface area contributed by atoms with Crippen molar-refractivity contribution in [1.82, 2.24) is 0 Å². The number of hydrogen-bond donors (Lipinski definition) is 1. The Labute approximate surface area is 85.0 Å². The fourth-order valence-electron chi connectivity index (χ4n) is 1.23. The second kappa shape index (κ2) is 5.78. The Bertz CT molecular complexity index is 209. The Kier molecular flexibility index (Phi) is 5.42. The molecule has 0 atom stereocenters. The average Bonchev–Trinajstić information content (AvgIpc) is 2.17. The van der Waals surface area contributed by atoms with Crippen LogP contribution < -0.4 is 0 Å². The number of aliphatic carboxylic acids is 1. The summed E-state index contributed by atoms with van der Waals surface area (Å²) in [7, 11) is 0. The van der Waals surface area contributed by atoms with Gasteiger partial charge in [-0.1, -0.05) is 6.58 Å². The quantitative estimate of drug-likeness (QED) is 0.388. The fraction of sp³-hybridized carbons (Fsp3) is 0.700. The zero-order valence-corrected chi connectivity index (χ0v) is 8.95. The highest BCUT2D eigenvalue weighted by Gasteiger charge is 2.12. The van der Waals surface area contributed by atoms with Crippen LogP contribution in [0.5, 0.6) is 0 Å². The summed E-state index contributed by atoms with van der Waals surface area (Å²) in [6.45, 7) is 8.66. The maximum absolute atomic E-state index is 11.8. The minimum absolute atomic E-state index is 0.184. The molecule has 0 aliphatic heterocycles. The lowest BCUT2D eigenvalue weighted by molar-refractivity contribution is -0.877. The maximum atomic E-state index is 11.8. The van der Waals surface area contributed by atoms with Crippen LogP contribution in [0.1, 0.15) is 26.7 Å². The summed E-state index contributed by atoms with van der Waals surface area (Å²) in [6, 6.07) is 0. The van der Waals surface area contributed by atoms with Crippen molar-refractivity contribution in [2.75, 3.05) is 19.6 Å². The van der Waals surface area contributed by atoms with Crippen molar-refractivity contribution in [2.24, 2.45) is 0 Å². The first-order valence-electron chi connectivity index (χ1n) is 4.93. The van der Waals surface area contributed by atoms with E-state index in [1.165, 1.54) is 0 Å². The van der Waals surface area contributed by atoms with Crippen molar-refractivity contribution in [1.29, 1.82) is 0 Å². The summed E-state index contributed by atoms with van der Waals surface area (Å²) in [5, 5.41) is 20.3. The predicted octanol–water partition coefficient (Wildman–Crippen LogP) is 1.76. The van der Waals surface area contributed by atoms with Crippen molar-refractivity contribution >= 4 is 5.97 Å². The predicted molar refractivity (Wildman–Crippen MR) is 55.6 cm³/mol. The van der Waals surface area contributed by atoms with E-state index in [0.717, 1.165) is 0 Å². The minimum Gasteiger partial charge on any atom is -0.633 e. The third-order valence-corrected chi connectivity index (χ3v) is 2.50. The SMILES string of the molecule is C=C(CCC[N+]([O-])(CC)CC)C(=O)O. The van der Waals surface area contributed by atoms with Crippen LogP contribution in [-0.2, 0) is 4.79 Å². The van der Waals surface area contributed by atoms with E-state index >= 15 is 0 Å². The summed E-state index contributed by atoms with van der Waals surface area (Å²) in [6.07, 6.45) is 0.994. The molecule has 0 amide bonds. The van der Waals surface area contributed by atoms with E-state index in [0.29, 0.717) is 32.5 Å². The number of hydrogen-bond acceptors (Lipinski definition) is 2. The van der Waals surface area contributed by atoms with Gasteiger partial charge in [0.2, 0.25) is 0 Å². The highest BCUT2D eigenvalue weighted by Crippen LogP contribution is 2.09. The van der Waals surface area contributed by atoms with Crippen LogP contribution in [-0.4, -0.2) is 35.4 Å². The molecule has 0 saturated carbocycles. The van der Waals surface area contributed by atoms with Crippen LogP contribution in [0, 0.1) is 5.21 Å². The van der Waals surface area contributed by atoms with Gasteiger partial charge in [0.25, 0.3) is 0 Å². The summed E-state index contributed by atoms with van der Waals surface area (Å²) < 4.78 is -0.243. The maximum Gasteiger partial charge on any atom is 0.330 e. The lowest BCUT2D eigenvalue weighted by Gasteiger charge is -2.41. The largest absolute Gasteiger partial charge is 0.633 e. The van der Waals surface area contributed by atoms with Crippen LogP contribution in [0.3, 0.4) is 0 Å². The molecule has 1 N–H and O–H groups in total. The molecular weight excluding hydrogens is 182 g/mol. The van der Waals surface area contributed by atoms with Gasteiger partial charge in [-0.25, -0.2) is 4.79 Å². The Balaban J connectivity index is 3.83. The van der Waals surface area contributed by atoms with Crippen LogP contribution in [0.4, 0.5) is 0 Å². The molecule has 0 rings (SSSR count). The Morgan fingerprint density at radius 1 is 1.43 bits per heavy atom. The molecule has 0 radical (unpaired) electrons. The van der Waals surface area contributed by atoms with Gasteiger partial charge in [0.15, 0.2) is 0 Å². The molecule has 0 aliphatic rings. The molecule has 0 aromatic heterocycles. The van der Waals surface area contributed by atoms with E-state index in [2.05, 4.69) is 6.58 Å². The summed E-state index contributed by atoms with van der Waals surface area (Å²) in [5.74, 6) is -0.970. The first-order valence-corrected chi connectivity index (χ1v) is 4.93. The van der Waals surface area contributed by atoms with E-state index in [9.17, 15) is 10.0 Å². The number of quaternary nitrogens is 1. The highest BCUT2D eigenvalue weighted by molar-refractivity contribution is 5.85. The van der Waals surface area contributed by atoms with Gasteiger partial charge < -0.3 is 15.0 Å². The number of hydroxylamine groups is 3. The number of rotatable bonds is 7.